The molecule has 0 aromatic heterocycles. The third kappa shape index (κ3) is 4.20. The minimum absolute atomic E-state index is 0.0294. The van der Waals surface area contributed by atoms with Crippen LogP contribution in [-0.4, -0.2) is 8.42 Å². The zero-order chi connectivity index (χ0) is 15.6. The van der Waals surface area contributed by atoms with Crippen LogP contribution in [0.15, 0.2) is 51.8 Å². The molecule has 21 heavy (non-hydrogen) atoms. The SMILES string of the molecule is CC(Nc1ccc(Br)cc1Cl)c1ccc(S(N)(=O)=O)cc1. The summed E-state index contributed by atoms with van der Waals surface area (Å²) in [4.78, 5) is 0.0973. The lowest BCUT2D eigenvalue weighted by atomic mass is 10.1. The van der Waals surface area contributed by atoms with Gasteiger partial charge < -0.3 is 5.32 Å². The van der Waals surface area contributed by atoms with E-state index in [2.05, 4.69) is 21.2 Å². The van der Waals surface area contributed by atoms with Crippen molar-refractivity contribution in [2.45, 2.75) is 17.9 Å². The Kier molecular flexibility index (Phi) is 4.93. The standard InChI is InChI=1S/C14H14BrClN2O2S/c1-9(18-14-7-4-11(15)8-13(14)16)10-2-5-12(6-3-10)21(17,19)20/h2-9,18H,1H3,(H2,17,19,20). The maximum absolute atomic E-state index is 11.2. The number of rotatable bonds is 4. The molecule has 0 bridgehead atoms. The summed E-state index contributed by atoms with van der Waals surface area (Å²) in [5.74, 6) is 0. The lowest BCUT2D eigenvalue weighted by Crippen LogP contribution is -2.12. The summed E-state index contributed by atoms with van der Waals surface area (Å²) in [6.45, 7) is 1.96. The van der Waals surface area contributed by atoms with E-state index in [9.17, 15) is 8.42 Å². The van der Waals surface area contributed by atoms with Gasteiger partial charge in [-0.1, -0.05) is 39.7 Å². The van der Waals surface area contributed by atoms with Crippen LogP contribution in [0.4, 0.5) is 5.69 Å². The molecule has 0 aliphatic carbocycles. The number of halogens is 2. The van der Waals surface area contributed by atoms with Gasteiger partial charge >= 0.3 is 0 Å². The molecule has 0 heterocycles. The van der Waals surface area contributed by atoms with E-state index in [4.69, 9.17) is 16.7 Å². The van der Waals surface area contributed by atoms with E-state index >= 15 is 0 Å². The summed E-state index contributed by atoms with van der Waals surface area (Å²) < 4.78 is 23.3. The van der Waals surface area contributed by atoms with Crippen LogP contribution in [0.25, 0.3) is 0 Å². The second-order valence-corrected chi connectivity index (χ2v) is 7.49. The second-order valence-electron chi connectivity index (χ2n) is 4.60. The summed E-state index contributed by atoms with van der Waals surface area (Å²) in [7, 11) is -3.66. The van der Waals surface area contributed by atoms with Crippen LogP contribution in [0, 0.1) is 0 Å². The number of hydrogen-bond donors (Lipinski definition) is 2. The Balaban J connectivity index is 2.18. The summed E-state index contributed by atoms with van der Waals surface area (Å²) in [5, 5.41) is 8.96. The highest BCUT2D eigenvalue weighted by Crippen LogP contribution is 2.29. The van der Waals surface area contributed by atoms with Crippen LogP contribution in [0.2, 0.25) is 5.02 Å². The first-order valence-electron chi connectivity index (χ1n) is 6.12. The summed E-state index contributed by atoms with van der Waals surface area (Å²) in [5.41, 5.74) is 1.74. The Morgan fingerprint density at radius 1 is 1.19 bits per heavy atom. The molecule has 7 heteroatoms. The van der Waals surface area contributed by atoms with Crippen LogP contribution in [0.3, 0.4) is 0 Å². The third-order valence-electron chi connectivity index (χ3n) is 3.01. The van der Waals surface area contributed by atoms with Crippen molar-refractivity contribution in [1.29, 1.82) is 0 Å². The first kappa shape index (κ1) is 16.3. The minimum atomic E-state index is -3.66. The molecule has 2 aromatic rings. The zero-order valence-electron chi connectivity index (χ0n) is 11.2. The van der Waals surface area contributed by atoms with Gasteiger partial charge in [-0.3, -0.25) is 0 Å². The molecule has 2 aromatic carbocycles. The van der Waals surface area contributed by atoms with E-state index in [1.54, 1.807) is 18.2 Å². The van der Waals surface area contributed by atoms with Crippen LogP contribution >= 0.6 is 27.5 Å². The van der Waals surface area contributed by atoms with Gasteiger partial charge in [-0.15, -0.1) is 0 Å². The molecule has 0 saturated heterocycles. The summed E-state index contributed by atoms with van der Waals surface area (Å²) in [6.07, 6.45) is 0. The lowest BCUT2D eigenvalue weighted by molar-refractivity contribution is 0.597. The molecule has 112 valence electrons. The highest BCUT2D eigenvalue weighted by Gasteiger charge is 2.11. The number of nitrogens with one attached hydrogen (secondary N) is 1. The Labute approximate surface area is 137 Å². The van der Waals surface area contributed by atoms with Gasteiger partial charge in [0.05, 0.1) is 15.6 Å². The quantitative estimate of drug-likeness (QED) is 0.832. The highest BCUT2D eigenvalue weighted by atomic mass is 79.9. The fraction of sp³-hybridized carbons (Fsp3) is 0.143. The van der Waals surface area contributed by atoms with E-state index in [-0.39, 0.29) is 10.9 Å². The van der Waals surface area contributed by atoms with Crippen molar-refractivity contribution in [3.63, 3.8) is 0 Å². The lowest BCUT2D eigenvalue weighted by Gasteiger charge is -2.17. The molecule has 0 aliphatic heterocycles. The number of sulfonamides is 1. The van der Waals surface area contributed by atoms with Gasteiger partial charge in [0.25, 0.3) is 0 Å². The monoisotopic (exact) mass is 388 g/mol. The van der Waals surface area contributed by atoms with Crippen molar-refractivity contribution in [3.05, 3.63) is 57.5 Å². The van der Waals surface area contributed by atoms with Crippen LogP contribution in [0.5, 0.6) is 0 Å². The van der Waals surface area contributed by atoms with Crippen LogP contribution in [-0.2, 0) is 10.0 Å². The summed E-state index contributed by atoms with van der Waals surface area (Å²) in [6, 6.07) is 12.0. The average molecular weight is 390 g/mol. The molecule has 3 N–H and O–H groups in total. The number of primary sulfonamides is 1. The number of hydrogen-bond acceptors (Lipinski definition) is 3. The fourth-order valence-corrected chi connectivity index (χ4v) is 3.11. The topological polar surface area (TPSA) is 72.2 Å². The van der Waals surface area contributed by atoms with Crippen molar-refractivity contribution in [1.82, 2.24) is 0 Å². The van der Waals surface area contributed by atoms with Gasteiger partial charge in [-0.05, 0) is 42.8 Å². The molecule has 0 spiro atoms. The number of benzene rings is 2. The van der Waals surface area contributed by atoms with Crippen molar-refractivity contribution >= 4 is 43.2 Å². The van der Waals surface area contributed by atoms with E-state index in [0.29, 0.717) is 5.02 Å². The smallest absolute Gasteiger partial charge is 0.238 e. The normalized spacial score (nSPS) is 13.0. The molecule has 4 nitrogen and oxygen atoms in total. The molecule has 0 amide bonds. The molecular weight excluding hydrogens is 376 g/mol. The first-order chi connectivity index (χ1) is 9.77. The Bertz CT molecular complexity index is 748. The highest BCUT2D eigenvalue weighted by molar-refractivity contribution is 9.10. The van der Waals surface area contributed by atoms with E-state index in [0.717, 1.165) is 15.7 Å². The largest absolute Gasteiger partial charge is 0.377 e. The molecule has 2 rings (SSSR count). The van der Waals surface area contributed by atoms with E-state index in [1.165, 1.54) is 12.1 Å². The van der Waals surface area contributed by atoms with Crippen molar-refractivity contribution in [2.75, 3.05) is 5.32 Å². The van der Waals surface area contributed by atoms with Crippen molar-refractivity contribution < 1.29 is 8.42 Å². The van der Waals surface area contributed by atoms with Gasteiger partial charge in [0.15, 0.2) is 0 Å². The maximum atomic E-state index is 11.2. The second kappa shape index (κ2) is 6.36. The van der Waals surface area contributed by atoms with Crippen molar-refractivity contribution in [3.8, 4) is 0 Å². The fourth-order valence-electron chi connectivity index (χ4n) is 1.87. The Morgan fingerprint density at radius 3 is 2.33 bits per heavy atom. The van der Waals surface area contributed by atoms with Crippen LogP contribution < -0.4 is 10.5 Å². The maximum Gasteiger partial charge on any atom is 0.238 e. The van der Waals surface area contributed by atoms with Crippen molar-refractivity contribution in [2.24, 2.45) is 5.14 Å². The average Bonchev–Trinajstić information content (AvgIpc) is 2.41. The van der Waals surface area contributed by atoms with E-state index < -0.39 is 10.0 Å². The molecule has 0 saturated carbocycles. The molecule has 1 unspecified atom stereocenters. The first-order valence-corrected chi connectivity index (χ1v) is 8.83. The zero-order valence-corrected chi connectivity index (χ0v) is 14.3. The molecule has 1 atom stereocenters. The molecule has 0 fully saturated rings. The molecule has 0 radical (unpaired) electrons. The van der Waals surface area contributed by atoms with Gasteiger partial charge in [0, 0.05) is 10.5 Å². The molecule has 0 aliphatic rings. The predicted molar refractivity (Wildman–Crippen MR) is 89.0 cm³/mol. The Morgan fingerprint density at radius 2 is 1.81 bits per heavy atom. The summed E-state index contributed by atoms with van der Waals surface area (Å²) >= 11 is 9.51. The molecular formula is C14H14BrClN2O2S. The van der Waals surface area contributed by atoms with E-state index in [1.807, 2.05) is 19.1 Å². The van der Waals surface area contributed by atoms with Gasteiger partial charge in [-0.25, -0.2) is 13.6 Å². The number of nitrogens with two attached hydrogens (primary N) is 1. The minimum Gasteiger partial charge on any atom is -0.377 e. The third-order valence-corrected chi connectivity index (χ3v) is 4.75. The van der Waals surface area contributed by atoms with Gasteiger partial charge in [0.1, 0.15) is 0 Å². The van der Waals surface area contributed by atoms with Gasteiger partial charge in [-0.2, -0.15) is 0 Å². The Hall–Kier alpha value is -1.08. The van der Waals surface area contributed by atoms with Gasteiger partial charge in [0.2, 0.25) is 10.0 Å². The predicted octanol–water partition coefficient (Wildman–Crippen LogP) is 3.92. The number of anilines is 1. The van der Waals surface area contributed by atoms with Crippen LogP contribution in [0.1, 0.15) is 18.5 Å².